The zero-order valence-electron chi connectivity index (χ0n) is 19.3. The largest absolute Gasteiger partial charge is 0.420 e. The van der Waals surface area contributed by atoms with Gasteiger partial charge in [0.15, 0.2) is 5.58 Å². The van der Waals surface area contributed by atoms with E-state index in [0.29, 0.717) is 30.5 Å². The van der Waals surface area contributed by atoms with Crippen molar-refractivity contribution in [2.45, 2.75) is 76.9 Å². The average Bonchev–Trinajstić information content (AvgIpc) is 2.95. The Bertz CT molecular complexity index is 1050. The number of ether oxygens (including phenoxy) is 2. The van der Waals surface area contributed by atoms with E-state index in [1.165, 1.54) is 5.57 Å². The molecule has 2 aliphatic rings. The van der Waals surface area contributed by atoms with Crippen LogP contribution >= 0.6 is 0 Å². The van der Waals surface area contributed by atoms with Crippen molar-refractivity contribution in [1.29, 1.82) is 5.26 Å². The molecule has 1 aromatic carbocycles. The molecule has 172 valence electrons. The summed E-state index contributed by atoms with van der Waals surface area (Å²) in [6, 6.07) is 7.47. The summed E-state index contributed by atoms with van der Waals surface area (Å²) in [4.78, 5) is 12.6. The van der Waals surface area contributed by atoms with Gasteiger partial charge in [-0.05, 0) is 81.4 Å². The number of oxazole rings is 1. The maximum absolute atomic E-state index is 12.6. The molecule has 1 aromatic heterocycles. The fourth-order valence-corrected chi connectivity index (χ4v) is 5.39. The highest BCUT2D eigenvalue weighted by Gasteiger charge is 2.31. The van der Waals surface area contributed by atoms with Gasteiger partial charge in [-0.3, -0.25) is 4.57 Å². The summed E-state index contributed by atoms with van der Waals surface area (Å²) in [5, 5.41) is 9.25. The van der Waals surface area contributed by atoms with Crippen LogP contribution in [-0.2, 0) is 9.47 Å². The van der Waals surface area contributed by atoms with E-state index >= 15 is 0 Å². The lowest BCUT2D eigenvalue weighted by Crippen LogP contribution is -2.28. The third-order valence-corrected chi connectivity index (χ3v) is 7.21. The molecule has 2 saturated carbocycles. The number of hydrogen-bond acceptors (Lipinski definition) is 5. The maximum atomic E-state index is 12.6. The van der Waals surface area contributed by atoms with Crippen LogP contribution in [0.15, 0.2) is 39.1 Å². The van der Waals surface area contributed by atoms with Gasteiger partial charge in [0.05, 0.1) is 36.5 Å². The molecule has 1 atom stereocenters. The van der Waals surface area contributed by atoms with E-state index in [4.69, 9.17) is 13.9 Å². The lowest BCUT2D eigenvalue weighted by molar-refractivity contribution is -0.0137. The van der Waals surface area contributed by atoms with Crippen LogP contribution in [0.2, 0.25) is 0 Å². The van der Waals surface area contributed by atoms with Gasteiger partial charge in [0, 0.05) is 13.2 Å². The summed E-state index contributed by atoms with van der Waals surface area (Å²) < 4.78 is 18.3. The molecule has 4 rings (SSSR count). The second kappa shape index (κ2) is 10.1. The van der Waals surface area contributed by atoms with Gasteiger partial charge in [-0.2, -0.15) is 5.26 Å². The Morgan fingerprint density at radius 1 is 1.22 bits per heavy atom. The minimum atomic E-state index is -0.314. The van der Waals surface area contributed by atoms with Gasteiger partial charge in [0.25, 0.3) is 0 Å². The van der Waals surface area contributed by atoms with E-state index < -0.39 is 0 Å². The Hall–Kier alpha value is -2.36. The van der Waals surface area contributed by atoms with Crippen LogP contribution in [-0.4, -0.2) is 31.0 Å². The van der Waals surface area contributed by atoms with Crippen LogP contribution in [0.3, 0.4) is 0 Å². The lowest BCUT2D eigenvalue weighted by Gasteiger charge is -2.36. The molecule has 2 aliphatic carbocycles. The molecule has 0 spiro atoms. The Balaban J connectivity index is 1.42. The van der Waals surface area contributed by atoms with Crippen molar-refractivity contribution in [3.63, 3.8) is 0 Å². The number of nitrogens with zero attached hydrogens (tertiary/aromatic N) is 2. The van der Waals surface area contributed by atoms with Crippen molar-refractivity contribution in [2.75, 3.05) is 20.3 Å². The lowest BCUT2D eigenvalue weighted by atomic mass is 9.73. The number of rotatable bonds is 6. The first-order chi connectivity index (χ1) is 15.5. The third-order valence-electron chi connectivity index (χ3n) is 7.21. The predicted molar refractivity (Wildman–Crippen MR) is 124 cm³/mol. The smallest absolute Gasteiger partial charge is 0.408 e. The number of methoxy groups -OCH3 is 1. The van der Waals surface area contributed by atoms with E-state index in [1.54, 1.807) is 29.9 Å². The highest BCUT2D eigenvalue weighted by Crippen LogP contribution is 2.41. The molecule has 0 amide bonds. The van der Waals surface area contributed by atoms with E-state index in [0.717, 1.165) is 63.3 Å². The Morgan fingerprint density at radius 3 is 2.78 bits per heavy atom. The molecule has 0 saturated heterocycles. The summed E-state index contributed by atoms with van der Waals surface area (Å²) in [5.74, 6) is -0.314. The van der Waals surface area contributed by atoms with Crippen molar-refractivity contribution in [2.24, 2.45) is 5.41 Å². The second-order valence-corrected chi connectivity index (χ2v) is 9.64. The molecule has 6 heteroatoms. The van der Waals surface area contributed by atoms with Crippen LogP contribution in [0.25, 0.3) is 11.1 Å². The predicted octanol–water partition coefficient (Wildman–Crippen LogP) is 5.51. The molecule has 0 bridgehead atoms. The molecule has 2 fully saturated rings. The van der Waals surface area contributed by atoms with E-state index in [2.05, 4.69) is 19.1 Å². The molecule has 32 heavy (non-hydrogen) atoms. The summed E-state index contributed by atoms with van der Waals surface area (Å²) >= 11 is 0. The summed E-state index contributed by atoms with van der Waals surface area (Å²) in [6.45, 7) is 3.72. The summed E-state index contributed by atoms with van der Waals surface area (Å²) in [7, 11) is 1.71. The van der Waals surface area contributed by atoms with Gasteiger partial charge in [-0.25, -0.2) is 4.79 Å². The average molecular weight is 439 g/mol. The highest BCUT2D eigenvalue weighted by atomic mass is 16.5. The molecule has 6 nitrogen and oxygen atoms in total. The van der Waals surface area contributed by atoms with Crippen LogP contribution in [0.5, 0.6) is 0 Å². The molecule has 1 unspecified atom stereocenters. The van der Waals surface area contributed by atoms with E-state index in [9.17, 15) is 10.1 Å². The van der Waals surface area contributed by atoms with Crippen LogP contribution < -0.4 is 5.76 Å². The van der Waals surface area contributed by atoms with Gasteiger partial charge >= 0.3 is 5.76 Å². The van der Waals surface area contributed by atoms with Crippen molar-refractivity contribution in [1.82, 2.24) is 4.57 Å². The van der Waals surface area contributed by atoms with Gasteiger partial charge in [-0.15, -0.1) is 0 Å². The SMILES string of the molecule is COCCOC1CCC(C)(/C=C2/CCCC(n3c(=O)oc4ccc(C#N)cc43)CC2)CC1. The molecule has 2 aromatic rings. The minimum absolute atomic E-state index is 0.112. The zero-order valence-corrected chi connectivity index (χ0v) is 19.3. The van der Waals surface area contributed by atoms with Crippen LogP contribution in [0, 0.1) is 16.7 Å². The van der Waals surface area contributed by atoms with Gasteiger partial charge in [0.1, 0.15) is 0 Å². The fraction of sp³-hybridized carbons (Fsp3) is 0.615. The first kappa shape index (κ1) is 22.8. The number of allylic oxidation sites excluding steroid dienone is 2. The van der Waals surface area contributed by atoms with E-state index in [1.807, 2.05) is 0 Å². The van der Waals surface area contributed by atoms with Gasteiger partial charge in [0.2, 0.25) is 0 Å². The minimum Gasteiger partial charge on any atom is -0.408 e. The fourth-order valence-electron chi connectivity index (χ4n) is 5.39. The molecular formula is C26H34N2O4. The van der Waals surface area contributed by atoms with Crippen molar-refractivity contribution >= 4 is 11.1 Å². The van der Waals surface area contributed by atoms with E-state index in [-0.39, 0.29) is 17.2 Å². The van der Waals surface area contributed by atoms with Crippen LogP contribution in [0.4, 0.5) is 0 Å². The normalized spacial score (nSPS) is 28.0. The molecule has 0 aliphatic heterocycles. The van der Waals surface area contributed by atoms with Gasteiger partial charge in [-0.1, -0.05) is 18.6 Å². The number of aromatic nitrogens is 1. The summed E-state index contributed by atoms with van der Waals surface area (Å²) in [5.41, 5.74) is 3.61. The molecule has 0 radical (unpaired) electrons. The maximum Gasteiger partial charge on any atom is 0.420 e. The Kier molecular flexibility index (Phi) is 7.17. The highest BCUT2D eigenvalue weighted by molar-refractivity contribution is 5.75. The van der Waals surface area contributed by atoms with Crippen LogP contribution in [0.1, 0.15) is 76.3 Å². The monoisotopic (exact) mass is 438 g/mol. The third kappa shape index (κ3) is 5.16. The van der Waals surface area contributed by atoms with Crippen molar-refractivity contribution in [3.05, 3.63) is 46.0 Å². The number of nitriles is 1. The first-order valence-corrected chi connectivity index (χ1v) is 11.9. The quantitative estimate of drug-likeness (QED) is 0.338. The molecule has 1 heterocycles. The number of hydrogen-bond donors (Lipinski definition) is 0. The van der Waals surface area contributed by atoms with Gasteiger partial charge < -0.3 is 13.9 Å². The van der Waals surface area contributed by atoms with Crippen molar-refractivity contribution in [3.8, 4) is 6.07 Å². The molecular weight excluding hydrogens is 404 g/mol. The zero-order chi connectivity index (χ0) is 22.6. The second-order valence-electron chi connectivity index (χ2n) is 9.64. The Labute approximate surface area is 189 Å². The number of benzene rings is 1. The topological polar surface area (TPSA) is 77.4 Å². The first-order valence-electron chi connectivity index (χ1n) is 11.9. The summed E-state index contributed by atoms with van der Waals surface area (Å²) in [6.07, 6.45) is 12.4. The number of fused-ring (bicyclic) bond motifs is 1. The van der Waals surface area contributed by atoms with Crippen molar-refractivity contribution < 1.29 is 13.9 Å². The Morgan fingerprint density at radius 2 is 2.03 bits per heavy atom. The molecule has 0 N–H and O–H groups in total. The standard InChI is InChI=1S/C26H34N2O4/c1-26(12-10-22(11-13-26)31-15-14-30-2)17-19-4-3-5-21(8-6-19)28-23-16-20(18-27)7-9-24(23)32-25(28)29/h7,9,16-17,21-22H,3-6,8,10-15H2,1-2H3/b19-17-.